The molecule has 266 valence electrons. The van der Waals surface area contributed by atoms with Crippen LogP contribution in [0.3, 0.4) is 0 Å². The number of aliphatic carboxylic acids is 2. The minimum Gasteiger partial charge on any atom is -0.486 e. The third kappa shape index (κ3) is 7.18. The van der Waals surface area contributed by atoms with E-state index in [0.29, 0.717) is 29.4 Å². The summed E-state index contributed by atoms with van der Waals surface area (Å²) in [5.41, 5.74) is -4.76. The predicted octanol–water partition coefficient (Wildman–Crippen LogP) is 5.54. The number of amides is 1. The largest absolute Gasteiger partial charge is 0.486 e. The van der Waals surface area contributed by atoms with Gasteiger partial charge in [0.25, 0.3) is 5.91 Å². The van der Waals surface area contributed by atoms with Crippen LogP contribution in [0.1, 0.15) is 53.7 Å². The fourth-order valence-corrected chi connectivity index (χ4v) is 5.85. The van der Waals surface area contributed by atoms with E-state index in [1.165, 1.54) is 6.07 Å². The summed E-state index contributed by atoms with van der Waals surface area (Å²) in [6.45, 7) is 5.04. The Labute approximate surface area is 285 Å². The summed E-state index contributed by atoms with van der Waals surface area (Å²) in [5, 5.41) is 38.6. The number of carbonyl (C=O) groups excluding carboxylic acids is 2. The standard InChI is InChI=1S/C32H29ClF4N4O9/c1-14-5-4-6-18(33)24(14)40-29-39-21-10-16(27(45)38-20-9-15(32(35,36)37)7-8-19(20)34)26-17(11-30(2,3)49-26)25(21)41(29)50-23(44)13-31(48,28(46)47)12-22(42)43/h4-10,29,39-40,48H,11-13H2,1-3H3,(H,38,45)(H,42,43)(H,46,47). The van der Waals surface area contributed by atoms with Crippen molar-refractivity contribution in [3.05, 3.63) is 75.6 Å². The van der Waals surface area contributed by atoms with Crippen molar-refractivity contribution >= 4 is 58.2 Å². The minimum atomic E-state index is -4.82. The summed E-state index contributed by atoms with van der Waals surface area (Å²) >= 11 is 6.43. The molecule has 2 unspecified atom stereocenters. The first-order valence-corrected chi connectivity index (χ1v) is 15.1. The number of para-hydroxylation sites is 1. The Bertz CT molecular complexity index is 1900. The van der Waals surface area contributed by atoms with Crippen LogP contribution in [-0.2, 0) is 31.8 Å². The maximum absolute atomic E-state index is 14.6. The van der Waals surface area contributed by atoms with Crippen molar-refractivity contribution in [3.63, 3.8) is 0 Å². The highest BCUT2D eigenvalue weighted by Crippen LogP contribution is 2.51. The summed E-state index contributed by atoms with van der Waals surface area (Å²) in [6, 6.07) is 7.73. The molecular weight excluding hydrogens is 696 g/mol. The number of aryl methyl sites for hydroxylation is 1. The molecule has 2 aliphatic heterocycles. The summed E-state index contributed by atoms with van der Waals surface area (Å²) in [6.07, 6.45) is -8.61. The van der Waals surface area contributed by atoms with Crippen LogP contribution in [0.2, 0.25) is 5.02 Å². The Morgan fingerprint density at radius 1 is 1.12 bits per heavy atom. The predicted molar refractivity (Wildman–Crippen MR) is 169 cm³/mol. The van der Waals surface area contributed by atoms with Gasteiger partial charge in [-0.25, -0.2) is 14.0 Å². The minimum absolute atomic E-state index is 0.0648. The number of benzene rings is 3. The molecule has 0 saturated heterocycles. The Hall–Kier alpha value is -5.29. The van der Waals surface area contributed by atoms with Gasteiger partial charge < -0.3 is 40.8 Å². The molecule has 50 heavy (non-hydrogen) atoms. The number of rotatable bonds is 10. The Morgan fingerprint density at radius 3 is 2.44 bits per heavy atom. The van der Waals surface area contributed by atoms with Gasteiger partial charge in [0.2, 0.25) is 6.29 Å². The molecule has 3 aromatic carbocycles. The first-order chi connectivity index (χ1) is 23.2. The highest BCUT2D eigenvalue weighted by molar-refractivity contribution is 6.33. The van der Waals surface area contributed by atoms with Crippen molar-refractivity contribution in [3.8, 4) is 5.75 Å². The number of fused-ring (bicyclic) bond motifs is 3. The first kappa shape index (κ1) is 36.0. The molecule has 6 N–H and O–H groups in total. The number of carboxylic acid groups (broad SMARTS) is 2. The van der Waals surface area contributed by atoms with Gasteiger partial charge in [0.15, 0.2) is 5.60 Å². The summed E-state index contributed by atoms with van der Waals surface area (Å²) < 4.78 is 60.7. The Balaban J connectivity index is 1.58. The van der Waals surface area contributed by atoms with Crippen molar-refractivity contribution < 1.29 is 61.6 Å². The number of aliphatic hydroxyl groups is 1. The number of anilines is 4. The zero-order valence-corrected chi connectivity index (χ0v) is 27.1. The van der Waals surface area contributed by atoms with Crippen molar-refractivity contribution in [1.29, 1.82) is 0 Å². The lowest BCUT2D eigenvalue weighted by molar-refractivity contribution is -0.172. The van der Waals surface area contributed by atoms with E-state index in [2.05, 4.69) is 16.0 Å². The first-order valence-electron chi connectivity index (χ1n) is 14.7. The number of hydrogen-bond donors (Lipinski definition) is 6. The number of nitrogens with zero attached hydrogens (tertiary/aromatic N) is 1. The quantitative estimate of drug-likeness (QED) is 0.144. The summed E-state index contributed by atoms with van der Waals surface area (Å²) in [4.78, 5) is 55.4. The molecule has 2 heterocycles. The SMILES string of the molecule is Cc1cccc(Cl)c1NC1Nc2cc(C(=O)Nc3cc(C(F)(F)F)ccc3F)c3c(c2N1OC(=O)CC(O)(CC(=O)O)C(=O)O)CC(C)(C)O3. The van der Waals surface area contributed by atoms with Crippen LogP contribution >= 0.6 is 11.6 Å². The Kier molecular flexibility index (Phi) is 9.27. The van der Waals surface area contributed by atoms with Crippen LogP contribution in [-0.4, -0.2) is 56.6 Å². The smallest absolute Gasteiger partial charge is 0.416 e. The number of carbonyl (C=O) groups is 4. The molecule has 2 aliphatic rings. The van der Waals surface area contributed by atoms with Gasteiger partial charge in [-0.15, -0.1) is 0 Å². The van der Waals surface area contributed by atoms with Gasteiger partial charge in [0, 0.05) is 12.0 Å². The van der Waals surface area contributed by atoms with Gasteiger partial charge in [-0.2, -0.15) is 18.2 Å². The molecule has 0 bridgehead atoms. The highest BCUT2D eigenvalue weighted by Gasteiger charge is 2.46. The van der Waals surface area contributed by atoms with Crippen molar-refractivity contribution in [1.82, 2.24) is 0 Å². The second-order valence-electron chi connectivity index (χ2n) is 12.3. The number of alkyl halides is 3. The Morgan fingerprint density at radius 2 is 1.82 bits per heavy atom. The van der Waals surface area contributed by atoms with E-state index in [4.69, 9.17) is 26.3 Å². The molecular formula is C32H29ClF4N4O9. The number of hydroxylamine groups is 1. The zero-order chi connectivity index (χ0) is 36.9. The second kappa shape index (κ2) is 12.9. The van der Waals surface area contributed by atoms with E-state index in [1.807, 2.05) is 0 Å². The highest BCUT2D eigenvalue weighted by atomic mass is 35.5. The number of nitrogens with one attached hydrogen (secondary N) is 3. The third-order valence-electron chi connectivity index (χ3n) is 7.84. The third-order valence-corrected chi connectivity index (χ3v) is 8.16. The van der Waals surface area contributed by atoms with Crippen molar-refractivity contribution in [2.24, 2.45) is 0 Å². The molecule has 1 amide bonds. The number of carboxylic acids is 2. The van der Waals surface area contributed by atoms with Crippen LogP contribution in [0.25, 0.3) is 0 Å². The molecule has 5 rings (SSSR count). The molecule has 0 saturated carbocycles. The molecule has 2 atom stereocenters. The maximum Gasteiger partial charge on any atom is 0.416 e. The van der Waals surface area contributed by atoms with Gasteiger partial charge in [0.05, 0.1) is 46.1 Å². The lowest BCUT2D eigenvalue weighted by Gasteiger charge is -2.29. The fraction of sp³-hybridized carbons (Fsp3) is 0.312. The van der Waals surface area contributed by atoms with Gasteiger partial charge in [0.1, 0.15) is 22.9 Å². The van der Waals surface area contributed by atoms with Crippen LogP contribution in [0.5, 0.6) is 5.75 Å². The van der Waals surface area contributed by atoms with E-state index >= 15 is 0 Å². The van der Waals surface area contributed by atoms with Crippen molar-refractivity contribution in [2.45, 2.75) is 63.7 Å². The average Bonchev–Trinajstić information content (AvgIpc) is 3.49. The maximum atomic E-state index is 14.6. The number of halogens is 5. The molecule has 0 radical (unpaired) electrons. The van der Waals surface area contributed by atoms with Crippen molar-refractivity contribution in [2.75, 3.05) is 21.0 Å². The fourth-order valence-electron chi connectivity index (χ4n) is 5.57. The van der Waals surface area contributed by atoms with Crippen LogP contribution < -0.4 is 25.8 Å². The molecule has 0 aromatic heterocycles. The van der Waals surface area contributed by atoms with E-state index in [-0.39, 0.29) is 39.7 Å². The molecule has 0 fully saturated rings. The topological polar surface area (TPSA) is 187 Å². The average molecular weight is 725 g/mol. The van der Waals surface area contributed by atoms with Gasteiger partial charge >= 0.3 is 24.1 Å². The number of hydrogen-bond acceptors (Lipinski definition) is 10. The van der Waals surface area contributed by atoms with Gasteiger partial charge in [-0.05, 0) is 56.7 Å². The van der Waals surface area contributed by atoms with Gasteiger partial charge in [-0.1, -0.05) is 23.7 Å². The molecule has 0 spiro atoms. The second-order valence-corrected chi connectivity index (χ2v) is 12.7. The van der Waals surface area contributed by atoms with Crippen LogP contribution in [0, 0.1) is 12.7 Å². The molecule has 13 nitrogen and oxygen atoms in total. The lowest BCUT2D eigenvalue weighted by atomic mass is 9.96. The summed E-state index contributed by atoms with van der Waals surface area (Å²) in [7, 11) is 0. The van der Waals surface area contributed by atoms with E-state index in [9.17, 15) is 47.0 Å². The molecule has 3 aromatic rings. The lowest BCUT2D eigenvalue weighted by Crippen LogP contribution is -2.47. The monoisotopic (exact) mass is 724 g/mol. The number of ether oxygens (including phenoxy) is 1. The van der Waals surface area contributed by atoms with Crippen LogP contribution in [0.15, 0.2) is 42.5 Å². The van der Waals surface area contributed by atoms with E-state index < -0.39 is 77.4 Å². The van der Waals surface area contributed by atoms with Gasteiger partial charge in [-0.3, -0.25) is 9.59 Å². The normalized spacial score (nSPS) is 17.1. The zero-order valence-electron chi connectivity index (χ0n) is 26.4. The van der Waals surface area contributed by atoms with E-state index in [1.54, 1.807) is 39.0 Å². The molecule has 18 heteroatoms. The molecule has 0 aliphatic carbocycles. The summed E-state index contributed by atoms with van der Waals surface area (Å²) in [5.74, 6) is -7.29. The van der Waals surface area contributed by atoms with E-state index in [0.717, 1.165) is 5.06 Å². The van der Waals surface area contributed by atoms with Crippen LogP contribution in [0.4, 0.5) is 40.3 Å².